The molecule has 0 bridgehead atoms. The van der Waals surface area contributed by atoms with Crippen molar-refractivity contribution in [2.75, 3.05) is 7.11 Å². The van der Waals surface area contributed by atoms with Gasteiger partial charge in [0.2, 0.25) is 0 Å². The number of rotatable bonds is 7. The highest BCUT2D eigenvalue weighted by molar-refractivity contribution is 9.10. The van der Waals surface area contributed by atoms with Crippen molar-refractivity contribution in [3.8, 4) is 5.75 Å². The number of aromatic nitrogens is 1. The number of hydrogen-bond acceptors (Lipinski definition) is 6. The highest BCUT2D eigenvalue weighted by Crippen LogP contribution is 2.24. The van der Waals surface area contributed by atoms with E-state index in [1.807, 2.05) is 0 Å². The first-order valence-electron chi connectivity index (χ1n) is 6.94. The fourth-order valence-electron chi connectivity index (χ4n) is 1.96. The van der Waals surface area contributed by atoms with Crippen molar-refractivity contribution >= 4 is 27.7 Å². The normalized spacial score (nSPS) is 10.4. The molecule has 2 rings (SSSR count). The van der Waals surface area contributed by atoms with E-state index in [9.17, 15) is 9.59 Å². The molecule has 0 N–H and O–H groups in total. The number of halogens is 1. The van der Waals surface area contributed by atoms with Crippen LogP contribution in [0.4, 0.5) is 0 Å². The molecule has 6 nitrogen and oxygen atoms in total. The number of ketones is 1. The van der Waals surface area contributed by atoms with E-state index in [0.717, 1.165) is 4.47 Å². The van der Waals surface area contributed by atoms with Gasteiger partial charge in [-0.1, -0.05) is 21.1 Å². The third-order valence-corrected chi connectivity index (χ3v) is 3.57. The molecule has 0 radical (unpaired) electrons. The van der Waals surface area contributed by atoms with Gasteiger partial charge in [-0.25, -0.2) is 0 Å². The summed E-state index contributed by atoms with van der Waals surface area (Å²) in [5.74, 6) is 0.475. The fourth-order valence-corrected chi connectivity index (χ4v) is 2.32. The van der Waals surface area contributed by atoms with Gasteiger partial charge in [0.05, 0.1) is 19.1 Å². The largest absolute Gasteiger partial charge is 0.496 e. The van der Waals surface area contributed by atoms with Gasteiger partial charge in [-0.3, -0.25) is 9.59 Å². The molecule has 1 heterocycles. The predicted octanol–water partition coefficient (Wildman–Crippen LogP) is 3.46. The van der Waals surface area contributed by atoms with Crippen molar-refractivity contribution in [1.82, 2.24) is 5.16 Å². The van der Waals surface area contributed by atoms with Crippen LogP contribution >= 0.6 is 15.9 Å². The summed E-state index contributed by atoms with van der Waals surface area (Å²) in [5, 5.41) is 3.72. The smallest absolute Gasteiger partial charge is 0.306 e. The molecule has 0 aliphatic rings. The van der Waals surface area contributed by atoms with E-state index >= 15 is 0 Å². The number of hydrogen-bond donors (Lipinski definition) is 0. The van der Waals surface area contributed by atoms with Crippen LogP contribution in [0.3, 0.4) is 0 Å². The van der Waals surface area contributed by atoms with Crippen molar-refractivity contribution in [2.45, 2.75) is 26.4 Å². The molecule has 0 atom stereocenters. The van der Waals surface area contributed by atoms with E-state index in [0.29, 0.717) is 22.8 Å². The van der Waals surface area contributed by atoms with E-state index in [1.165, 1.54) is 7.11 Å². The maximum Gasteiger partial charge on any atom is 0.306 e. The number of Topliss-reactive ketones (excluding diaryl/α,β-unsaturated/α-hetero) is 1. The van der Waals surface area contributed by atoms with Gasteiger partial charge in [-0.2, -0.15) is 0 Å². The van der Waals surface area contributed by atoms with Gasteiger partial charge >= 0.3 is 5.97 Å². The number of ether oxygens (including phenoxy) is 2. The Bertz CT molecular complexity index is 710. The van der Waals surface area contributed by atoms with Crippen molar-refractivity contribution in [3.05, 3.63) is 45.8 Å². The summed E-state index contributed by atoms with van der Waals surface area (Å²) in [5.41, 5.74) is 0.970. The standard InChI is InChI=1S/C16H16BrNO5/c1-10-7-12(18-23-10)9-22-16(20)6-4-14(19)13-8-11(17)3-5-15(13)21-2/h3,5,7-8H,4,6,9H2,1-2H3. The molecule has 0 amide bonds. The Kier molecular flexibility index (Phi) is 5.92. The highest BCUT2D eigenvalue weighted by atomic mass is 79.9. The lowest BCUT2D eigenvalue weighted by molar-refractivity contribution is -0.145. The second kappa shape index (κ2) is 7.92. The van der Waals surface area contributed by atoms with E-state index in [1.54, 1.807) is 31.2 Å². The number of benzene rings is 1. The van der Waals surface area contributed by atoms with Crippen molar-refractivity contribution < 1.29 is 23.6 Å². The number of carbonyl (C=O) groups excluding carboxylic acids is 2. The average molecular weight is 382 g/mol. The van der Waals surface area contributed by atoms with Gasteiger partial charge in [-0.15, -0.1) is 0 Å². The molecular weight excluding hydrogens is 366 g/mol. The highest BCUT2D eigenvalue weighted by Gasteiger charge is 2.15. The van der Waals surface area contributed by atoms with Crippen LogP contribution < -0.4 is 4.74 Å². The molecule has 23 heavy (non-hydrogen) atoms. The van der Waals surface area contributed by atoms with Crippen LogP contribution in [0.15, 0.2) is 33.3 Å². The number of aryl methyl sites for hydroxylation is 1. The Hall–Kier alpha value is -2.15. The fraction of sp³-hybridized carbons (Fsp3) is 0.312. The molecule has 122 valence electrons. The Morgan fingerprint density at radius 1 is 1.26 bits per heavy atom. The van der Waals surface area contributed by atoms with Crippen LogP contribution in [0.2, 0.25) is 0 Å². The number of esters is 1. The molecule has 0 aliphatic heterocycles. The van der Waals surface area contributed by atoms with Crippen LogP contribution in [0.5, 0.6) is 5.75 Å². The summed E-state index contributed by atoms with van der Waals surface area (Å²) in [7, 11) is 1.49. The lowest BCUT2D eigenvalue weighted by atomic mass is 10.1. The molecule has 1 aromatic heterocycles. The van der Waals surface area contributed by atoms with Crippen LogP contribution in [-0.2, 0) is 16.1 Å². The van der Waals surface area contributed by atoms with Gasteiger partial charge in [0.25, 0.3) is 0 Å². The molecule has 1 aromatic carbocycles. The summed E-state index contributed by atoms with van der Waals surface area (Å²) in [6, 6.07) is 6.84. The first-order chi connectivity index (χ1) is 11.0. The Morgan fingerprint density at radius 2 is 2.04 bits per heavy atom. The summed E-state index contributed by atoms with van der Waals surface area (Å²) in [4.78, 5) is 23.9. The second-order valence-corrected chi connectivity index (χ2v) is 5.77. The average Bonchev–Trinajstić information content (AvgIpc) is 2.96. The second-order valence-electron chi connectivity index (χ2n) is 4.86. The zero-order valence-corrected chi connectivity index (χ0v) is 14.4. The Labute approximate surface area is 141 Å². The maximum absolute atomic E-state index is 12.2. The first kappa shape index (κ1) is 17.2. The monoisotopic (exact) mass is 381 g/mol. The van der Waals surface area contributed by atoms with Crippen LogP contribution in [0, 0.1) is 6.92 Å². The molecule has 0 spiro atoms. The third kappa shape index (κ3) is 4.92. The maximum atomic E-state index is 12.2. The van der Waals surface area contributed by atoms with Gasteiger partial charge < -0.3 is 14.0 Å². The lowest BCUT2D eigenvalue weighted by Gasteiger charge is -2.08. The summed E-state index contributed by atoms with van der Waals surface area (Å²) >= 11 is 3.31. The summed E-state index contributed by atoms with van der Waals surface area (Å²) in [6.45, 7) is 1.78. The Morgan fingerprint density at radius 3 is 2.70 bits per heavy atom. The van der Waals surface area contributed by atoms with Gasteiger partial charge in [0.15, 0.2) is 5.78 Å². The van der Waals surface area contributed by atoms with Crippen molar-refractivity contribution in [2.24, 2.45) is 0 Å². The van der Waals surface area contributed by atoms with Gasteiger partial charge in [-0.05, 0) is 25.1 Å². The van der Waals surface area contributed by atoms with Crippen molar-refractivity contribution in [1.29, 1.82) is 0 Å². The van der Waals surface area contributed by atoms with E-state index in [2.05, 4.69) is 21.1 Å². The third-order valence-electron chi connectivity index (χ3n) is 3.08. The Balaban J connectivity index is 1.86. The van der Waals surface area contributed by atoms with E-state index < -0.39 is 5.97 Å². The predicted molar refractivity (Wildman–Crippen MR) is 85.3 cm³/mol. The lowest BCUT2D eigenvalue weighted by Crippen LogP contribution is -2.09. The molecule has 7 heteroatoms. The minimum absolute atomic E-state index is 0.00860. The van der Waals surface area contributed by atoms with Gasteiger partial charge in [0, 0.05) is 17.0 Å². The number of carbonyl (C=O) groups is 2. The van der Waals surface area contributed by atoms with Crippen LogP contribution in [0.1, 0.15) is 34.7 Å². The first-order valence-corrected chi connectivity index (χ1v) is 7.73. The molecular formula is C16H16BrNO5. The minimum atomic E-state index is -0.465. The SMILES string of the molecule is COc1ccc(Br)cc1C(=O)CCC(=O)OCc1cc(C)on1. The topological polar surface area (TPSA) is 78.6 Å². The van der Waals surface area contributed by atoms with Gasteiger partial charge in [0.1, 0.15) is 23.8 Å². The molecule has 0 fully saturated rings. The van der Waals surface area contributed by atoms with E-state index in [4.69, 9.17) is 14.0 Å². The zero-order chi connectivity index (χ0) is 16.8. The summed E-state index contributed by atoms with van der Waals surface area (Å²) in [6.07, 6.45) is 0.0365. The van der Waals surface area contributed by atoms with E-state index in [-0.39, 0.29) is 25.2 Å². The van der Waals surface area contributed by atoms with Crippen LogP contribution in [-0.4, -0.2) is 24.0 Å². The molecule has 0 aliphatic carbocycles. The van der Waals surface area contributed by atoms with Crippen molar-refractivity contribution in [3.63, 3.8) is 0 Å². The minimum Gasteiger partial charge on any atom is -0.496 e. The molecule has 0 unspecified atom stereocenters. The quantitative estimate of drug-likeness (QED) is 0.539. The van der Waals surface area contributed by atoms with Crippen LogP contribution in [0.25, 0.3) is 0 Å². The zero-order valence-electron chi connectivity index (χ0n) is 12.8. The molecule has 0 saturated carbocycles. The molecule has 0 saturated heterocycles. The number of nitrogens with zero attached hydrogens (tertiary/aromatic N) is 1. The molecule has 2 aromatic rings. The summed E-state index contributed by atoms with van der Waals surface area (Å²) < 4.78 is 15.9. The number of methoxy groups -OCH3 is 1.